The first kappa shape index (κ1) is 10.8. The number of hydrogen-bond donors (Lipinski definition) is 0. The molecule has 0 saturated heterocycles. The van der Waals surface area contributed by atoms with Gasteiger partial charge in [-0.15, -0.1) is 0 Å². The fourth-order valence-electron chi connectivity index (χ4n) is 1.32. The molecule has 0 spiro atoms. The second-order valence-corrected chi connectivity index (χ2v) is 3.86. The zero-order chi connectivity index (χ0) is 10.7. The molecule has 0 bridgehead atoms. The Hall–Kier alpha value is -1.25. The normalized spacial score (nSPS) is 10.6. The van der Waals surface area contributed by atoms with E-state index in [1.165, 1.54) is 0 Å². The second-order valence-electron chi connectivity index (χ2n) is 3.86. The molecule has 1 aromatic heterocycles. The lowest BCUT2D eigenvalue weighted by Crippen LogP contribution is -2.29. The van der Waals surface area contributed by atoms with Crippen molar-refractivity contribution >= 4 is 5.91 Å². The van der Waals surface area contributed by atoms with Crippen LogP contribution in [0, 0.1) is 12.8 Å². The lowest BCUT2D eigenvalue weighted by atomic mass is 10.2. The highest BCUT2D eigenvalue weighted by Gasteiger charge is 2.14. The zero-order valence-corrected chi connectivity index (χ0v) is 9.20. The molecule has 0 aliphatic rings. The van der Waals surface area contributed by atoms with Gasteiger partial charge in [-0.3, -0.25) is 4.79 Å². The highest BCUT2D eigenvalue weighted by Crippen LogP contribution is 2.10. The number of carbonyl (C=O) groups is 1. The molecule has 0 aliphatic heterocycles. The van der Waals surface area contributed by atoms with E-state index < -0.39 is 0 Å². The molecule has 0 saturated carbocycles. The van der Waals surface area contributed by atoms with Crippen molar-refractivity contribution in [1.82, 2.24) is 4.90 Å². The number of rotatable bonds is 3. The van der Waals surface area contributed by atoms with Gasteiger partial charge in [0.15, 0.2) is 0 Å². The molecule has 1 heterocycles. The maximum Gasteiger partial charge on any atom is 0.225 e. The molecule has 1 rings (SSSR count). The van der Waals surface area contributed by atoms with Gasteiger partial charge in [0.1, 0.15) is 11.5 Å². The number of carbonyl (C=O) groups excluding carboxylic acids is 1. The largest absolute Gasteiger partial charge is 0.464 e. The van der Waals surface area contributed by atoms with Gasteiger partial charge in [-0.05, 0) is 19.1 Å². The van der Waals surface area contributed by atoms with Gasteiger partial charge < -0.3 is 9.32 Å². The van der Waals surface area contributed by atoms with E-state index >= 15 is 0 Å². The minimum atomic E-state index is 0.0380. The quantitative estimate of drug-likeness (QED) is 0.740. The van der Waals surface area contributed by atoms with Gasteiger partial charge in [0, 0.05) is 13.0 Å². The summed E-state index contributed by atoms with van der Waals surface area (Å²) < 4.78 is 5.39. The van der Waals surface area contributed by atoms with Gasteiger partial charge in [-0.2, -0.15) is 0 Å². The van der Waals surface area contributed by atoms with Crippen LogP contribution in [0.15, 0.2) is 16.5 Å². The van der Waals surface area contributed by atoms with Gasteiger partial charge in [0.2, 0.25) is 5.91 Å². The van der Waals surface area contributed by atoms with Gasteiger partial charge in [0.25, 0.3) is 0 Å². The Morgan fingerprint density at radius 2 is 2.14 bits per heavy atom. The summed E-state index contributed by atoms with van der Waals surface area (Å²) in [5, 5.41) is 0. The van der Waals surface area contributed by atoms with Crippen LogP contribution in [-0.2, 0) is 11.3 Å². The van der Waals surface area contributed by atoms with Crippen LogP contribution in [0.5, 0.6) is 0 Å². The smallest absolute Gasteiger partial charge is 0.225 e. The topological polar surface area (TPSA) is 33.5 Å². The Morgan fingerprint density at radius 1 is 1.50 bits per heavy atom. The predicted octanol–water partition coefficient (Wildman–Crippen LogP) is 2.20. The number of amides is 1. The Kier molecular flexibility index (Phi) is 3.33. The van der Waals surface area contributed by atoms with E-state index in [-0.39, 0.29) is 11.8 Å². The molecular weight excluding hydrogens is 178 g/mol. The maximum absolute atomic E-state index is 11.5. The van der Waals surface area contributed by atoms with Crippen molar-refractivity contribution < 1.29 is 9.21 Å². The Balaban J connectivity index is 2.57. The van der Waals surface area contributed by atoms with Crippen LogP contribution in [0.25, 0.3) is 0 Å². The summed E-state index contributed by atoms with van der Waals surface area (Å²) in [5.74, 6) is 1.89. The van der Waals surface area contributed by atoms with E-state index in [4.69, 9.17) is 4.42 Å². The van der Waals surface area contributed by atoms with Crippen molar-refractivity contribution in [3.05, 3.63) is 23.7 Å². The molecule has 3 heteroatoms. The van der Waals surface area contributed by atoms with Crippen molar-refractivity contribution in [1.29, 1.82) is 0 Å². The lowest BCUT2D eigenvalue weighted by Gasteiger charge is -2.17. The first-order valence-electron chi connectivity index (χ1n) is 4.81. The molecular formula is C11H17NO2. The lowest BCUT2D eigenvalue weighted by molar-refractivity contribution is -0.133. The van der Waals surface area contributed by atoms with Crippen LogP contribution in [0.4, 0.5) is 0 Å². The van der Waals surface area contributed by atoms with Crippen LogP contribution in [0.3, 0.4) is 0 Å². The fraction of sp³-hybridized carbons (Fsp3) is 0.545. The van der Waals surface area contributed by atoms with Gasteiger partial charge >= 0.3 is 0 Å². The molecule has 14 heavy (non-hydrogen) atoms. The van der Waals surface area contributed by atoms with Gasteiger partial charge in [0.05, 0.1) is 6.54 Å². The molecule has 0 radical (unpaired) electrons. The second kappa shape index (κ2) is 4.31. The van der Waals surface area contributed by atoms with Gasteiger partial charge in [-0.25, -0.2) is 0 Å². The molecule has 78 valence electrons. The third kappa shape index (κ3) is 2.62. The van der Waals surface area contributed by atoms with E-state index in [0.717, 1.165) is 11.5 Å². The van der Waals surface area contributed by atoms with Crippen LogP contribution >= 0.6 is 0 Å². The molecule has 1 amide bonds. The molecule has 1 aromatic rings. The third-order valence-corrected chi connectivity index (χ3v) is 2.06. The Bertz CT molecular complexity index is 315. The first-order valence-corrected chi connectivity index (χ1v) is 4.81. The highest BCUT2D eigenvalue weighted by atomic mass is 16.3. The fourth-order valence-corrected chi connectivity index (χ4v) is 1.32. The van der Waals surface area contributed by atoms with Crippen LogP contribution in [0.2, 0.25) is 0 Å². The number of furan rings is 1. The summed E-state index contributed by atoms with van der Waals surface area (Å²) in [5.41, 5.74) is 0. The van der Waals surface area contributed by atoms with Gasteiger partial charge in [-0.1, -0.05) is 13.8 Å². The summed E-state index contributed by atoms with van der Waals surface area (Å²) in [7, 11) is 1.79. The molecule has 0 N–H and O–H groups in total. The van der Waals surface area contributed by atoms with E-state index in [1.807, 2.05) is 32.9 Å². The number of aryl methyl sites for hydroxylation is 1. The average Bonchev–Trinajstić information content (AvgIpc) is 2.49. The summed E-state index contributed by atoms with van der Waals surface area (Å²) in [6.45, 7) is 6.23. The molecule has 3 nitrogen and oxygen atoms in total. The van der Waals surface area contributed by atoms with Crippen LogP contribution in [-0.4, -0.2) is 17.9 Å². The molecule has 0 fully saturated rings. The average molecular weight is 195 g/mol. The maximum atomic E-state index is 11.5. The standard InChI is InChI=1S/C11H17NO2/c1-8(2)11(13)12(4)7-10-6-5-9(3)14-10/h5-6,8H,7H2,1-4H3. The van der Waals surface area contributed by atoms with Crippen molar-refractivity contribution in [2.75, 3.05) is 7.05 Å². The first-order chi connectivity index (χ1) is 6.50. The van der Waals surface area contributed by atoms with Crippen LogP contribution < -0.4 is 0 Å². The van der Waals surface area contributed by atoms with Crippen molar-refractivity contribution in [2.45, 2.75) is 27.3 Å². The minimum absolute atomic E-state index is 0.0380. The summed E-state index contributed by atoms with van der Waals surface area (Å²) in [4.78, 5) is 13.2. The monoisotopic (exact) mass is 195 g/mol. The van der Waals surface area contributed by atoms with E-state index in [1.54, 1.807) is 11.9 Å². The third-order valence-electron chi connectivity index (χ3n) is 2.06. The van der Waals surface area contributed by atoms with Crippen molar-refractivity contribution in [3.8, 4) is 0 Å². The summed E-state index contributed by atoms with van der Waals surface area (Å²) >= 11 is 0. The summed E-state index contributed by atoms with van der Waals surface area (Å²) in [6, 6.07) is 3.81. The Morgan fingerprint density at radius 3 is 2.57 bits per heavy atom. The van der Waals surface area contributed by atoms with E-state index in [2.05, 4.69) is 0 Å². The van der Waals surface area contributed by atoms with Crippen LogP contribution in [0.1, 0.15) is 25.4 Å². The minimum Gasteiger partial charge on any atom is -0.464 e. The van der Waals surface area contributed by atoms with E-state index in [9.17, 15) is 4.79 Å². The van der Waals surface area contributed by atoms with E-state index in [0.29, 0.717) is 6.54 Å². The molecule has 0 aromatic carbocycles. The number of hydrogen-bond acceptors (Lipinski definition) is 2. The molecule has 0 atom stereocenters. The summed E-state index contributed by atoms with van der Waals surface area (Å²) in [6.07, 6.45) is 0. The SMILES string of the molecule is Cc1ccc(CN(C)C(=O)C(C)C)o1. The van der Waals surface area contributed by atoms with Crippen molar-refractivity contribution in [2.24, 2.45) is 5.92 Å². The molecule has 0 aliphatic carbocycles. The number of nitrogens with zero attached hydrogens (tertiary/aromatic N) is 1. The van der Waals surface area contributed by atoms with Crippen molar-refractivity contribution in [3.63, 3.8) is 0 Å². The predicted molar refractivity (Wildman–Crippen MR) is 54.8 cm³/mol. The Labute approximate surface area is 84.7 Å². The zero-order valence-electron chi connectivity index (χ0n) is 9.20. The molecule has 0 unspecified atom stereocenters. The highest BCUT2D eigenvalue weighted by molar-refractivity contribution is 5.77.